The molecule has 1 aromatic heterocycles. The van der Waals surface area contributed by atoms with E-state index in [1.807, 2.05) is 6.07 Å². The molecule has 1 saturated heterocycles. The van der Waals surface area contributed by atoms with Crippen molar-refractivity contribution in [1.82, 2.24) is 4.90 Å². The number of carbonyl (C=O) groups is 1. The van der Waals surface area contributed by atoms with Crippen molar-refractivity contribution >= 4 is 17.3 Å². The normalized spacial score (nSPS) is 30.9. The Hall–Kier alpha value is -0.910. The van der Waals surface area contributed by atoms with Crippen molar-refractivity contribution in [2.45, 2.75) is 44.2 Å². The number of aromatic carboxylic acids is 1. The van der Waals surface area contributed by atoms with E-state index >= 15 is 0 Å². The minimum Gasteiger partial charge on any atom is -0.477 e. The summed E-state index contributed by atoms with van der Waals surface area (Å²) in [5.74, 6) is -0.453. The van der Waals surface area contributed by atoms with E-state index in [2.05, 4.69) is 4.90 Å². The second-order valence-corrected chi connectivity index (χ2v) is 7.27. The number of rotatable bonds is 3. The summed E-state index contributed by atoms with van der Waals surface area (Å²) < 4.78 is 0. The van der Waals surface area contributed by atoms with E-state index in [1.54, 1.807) is 6.07 Å². The first-order valence-corrected chi connectivity index (χ1v) is 8.15. The van der Waals surface area contributed by atoms with Crippen LogP contribution in [0.15, 0.2) is 12.1 Å². The fourth-order valence-electron chi connectivity index (χ4n) is 3.58. The SMILES string of the molecule is O=C(O)c1ccc(CN2CCC3(O)CCCCC3C2)s1. The minimum absolute atomic E-state index is 0.393. The van der Waals surface area contributed by atoms with Crippen LogP contribution in [0.4, 0.5) is 0 Å². The maximum atomic E-state index is 10.9. The number of hydrogen-bond donors (Lipinski definition) is 2. The predicted octanol–water partition coefficient (Wildman–Crippen LogP) is 2.57. The maximum Gasteiger partial charge on any atom is 0.345 e. The number of hydrogen-bond acceptors (Lipinski definition) is 4. The zero-order valence-electron chi connectivity index (χ0n) is 11.5. The van der Waals surface area contributed by atoms with Crippen LogP contribution < -0.4 is 0 Å². The molecule has 0 amide bonds. The molecule has 3 rings (SSSR count). The summed E-state index contributed by atoms with van der Waals surface area (Å²) in [5, 5.41) is 19.6. The van der Waals surface area contributed by atoms with Crippen molar-refractivity contribution < 1.29 is 15.0 Å². The number of nitrogens with zero attached hydrogens (tertiary/aromatic N) is 1. The highest BCUT2D eigenvalue weighted by molar-refractivity contribution is 7.13. The number of fused-ring (bicyclic) bond motifs is 1. The lowest BCUT2D eigenvalue weighted by Crippen LogP contribution is -2.52. The van der Waals surface area contributed by atoms with Crippen LogP contribution >= 0.6 is 11.3 Å². The van der Waals surface area contributed by atoms with Crippen LogP contribution in [-0.4, -0.2) is 39.8 Å². The molecule has 2 fully saturated rings. The minimum atomic E-state index is -0.846. The van der Waals surface area contributed by atoms with Crippen LogP contribution in [0.1, 0.15) is 46.7 Å². The van der Waals surface area contributed by atoms with Gasteiger partial charge in [-0.15, -0.1) is 11.3 Å². The van der Waals surface area contributed by atoms with E-state index in [0.29, 0.717) is 10.8 Å². The Bertz CT molecular complexity index is 501. The first kappa shape index (κ1) is 14.0. The second kappa shape index (κ2) is 5.47. The highest BCUT2D eigenvalue weighted by atomic mass is 32.1. The van der Waals surface area contributed by atoms with Gasteiger partial charge in [0.1, 0.15) is 4.88 Å². The van der Waals surface area contributed by atoms with Gasteiger partial charge in [0.05, 0.1) is 5.60 Å². The predicted molar refractivity (Wildman–Crippen MR) is 78.1 cm³/mol. The van der Waals surface area contributed by atoms with Crippen LogP contribution in [0.25, 0.3) is 0 Å². The van der Waals surface area contributed by atoms with Gasteiger partial charge in [-0.05, 0) is 31.4 Å². The smallest absolute Gasteiger partial charge is 0.345 e. The van der Waals surface area contributed by atoms with E-state index in [4.69, 9.17) is 5.11 Å². The largest absolute Gasteiger partial charge is 0.477 e. The van der Waals surface area contributed by atoms with Crippen molar-refractivity contribution in [3.63, 3.8) is 0 Å². The quantitative estimate of drug-likeness (QED) is 0.900. The number of carboxylic acid groups (broad SMARTS) is 1. The van der Waals surface area contributed by atoms with Crippen molar-refractivity contribution in [3.8, 4) is 0 Å². The average Bonchev–Trinajstić information content (AvgIpc) is 2.88. The summed E-state index contributed by atoms with van der Waals surface area (Å²) in [5.41, 5.74) is -0.434. The topological polar surface area (TPSA) is 60.8 Å². The molecule has 2 aliphatic rings. The first-order chi connectivity index (χ1) is 9.57. The fourth-order valence-corrected chi connectivity index (χ4v) is 4.47. The third-order valence-electron chi connectivity index (χ3n) is 4.76. The van der Waals surface area contributed by atoms with Gasteiger partial charge in [-0.25, -0.2) is 4.79 Å². The zero-order valence-corrected chi connectivity index (χ0v) is 12.4. The molecule has 1 saturated carbocycles. The molecule has 1 aliphatic carbocycles. The van der Waals surface area contributed by atoms with Gasteiger partial charge in [-0.2, -0.15) is 0 Å². The monoisotopic (exact) mass is 295 g/mol. The number of carboxylic acids is 1. The Balaban J connectivity index is 1.63. The maximum absolute atomic E-state index is 10.9. The summed E-state index contributed by atoms with van der Waals surface area (Å²) >= 11 is 1.36. The lowest BCUT2D eigenvalue weighted by molar-refractivity contribution is -0.0966. The van der Waals surface area contributed by atoms with Gasteiger partial charge in [-0.3, -0.25) is 4.90 Å². The Labute approximate surface area is 123 Å². The van der Waals surface area contributed by atoms with Gasteiger partial charge in [0, 0.05) is 30.4 Å². The van der Waals surface area contributed by atoms with Crippen molar-refractivity contribution in [3.05, 3.63) is 21.9 Å². The molecule has 2 unspecified atom stereocenters. The highest BCUT2D eigenvalue weighted by Gasteiger charge is 2.42. The summed E-state index contributed by atoms with van der Waals surface area (Å²) in [7, 11) is 0. The molecule has 2 atom stereocenters. The molecule has 5 heteroatoms. The third-order valence-corrected chi connectivity index (χ3v) is 5.82. The van der Waals surface area contributed by atoms with Gasteiger partial charge < -0.3 is 10.2 Å². The molecule has 2 heterocycles. The lowest BCUT2D eigenvalue weighted by Gasteiger charge is -2.47. The molecule has 20 heavy (non-hydrogen) atoms. The standard InChI is InChI=1S/C15H21NO3S/c17-14(18)13-5-4-12(20-13)10-16-8-7-15(19)6-2-1-3-11(15)9-16/h4-5,11,19H,1-3,6-10H2,(H,17,18). The summed E-state index contributed by atoms with van der Waals surface area (Å²) in [6.45, 7) is 2.66. The Morgan fingerprint density at radius 3 is 3.00 bits per heavy atom. The van der Waals surface area contributed by atoms with Crippen LogP contribution in [0.2, 0.25) is 0 Å². The molecule has 110 valence electrons. The number of likely N-dealkylation sites (tertiary alicyclic amines) is 1. The van der Waals surface area contributed by atoms with E-state index < -0.39 is 11.6 Å². The average molecular weight is 295 g/mol. The molecule has 0 radical (unpaired) electrons. The number of thiophene rings is 1. The molecule has 1 aromatic rings. The van der Waals surface area contributed by atoms with Crippen LogP contribution in [-0.2, 0) is 6.54 Å². The molecule has 0 spiro atoms. The van der Waals surface area contributed by atoms with Gasteiger partial charge in [0.2, 0.25) is 0 Å². The van der Waals surface area contributed by atoms with Crippen LogP contribution in [0.5, 0.6) is 0 Å². The summed E-state index contributed by atoms with van der Waals surface area (Å²) in [6, 6.07) is 3.60. The zero-order chi connectivity index (χ0) is 14.2. The molecule has 0 bridgehead atoms. The highest BCUT2D eigenvalue weighted by Crippen LogP contribution is 2.40. The first-order valence-electron chi connectivity index (χ1n) is 7.33. The Morgan fingerprint density at radius 1 is 1.40 bits per heavy atom. The summed E-state index contributed by atoms with van der Waals surface area (Å²) in [4.78, 5) is 14.8. The van der Waals surface area contributed by atoms with Crippen LogP contribution in [0.3, 0.4) is 0 Å². The van der Waals surface area contributed by atoms with E-state index in [9.17, 15) is 9.90 Å². The van der Waals surface area contributed by atoms with Gasteiger partial charge in [0.25, 0.3) is 0 Å². The van der Waals surface area contributed by atoms with Gasteiger partial charge in [0.15, 0.2) is 0 Å². The van der Waals surface area contributed by atoms with E-state index in [0.717, 1.165) is 50.2 Å². The van der Waals surface area contributed by atoms with Crippen LogP contribution in [0, 0.1) is 5.92 Å². The Morgan fingerprint density at radius 2 is 2.25 bits per heavy atom. The Kier molecular flexibility index (Phi) is 3.84. The van der Waals surface area contributed by atoms with Crippen molar-refractivity contribution in [2.24, 2.45) is 5.92 Å². The summed E-state index contributed by atoms with van der Waals surface area (Å²) in [6.07, 6.45) is 5.31. The molecular formula is C15H21NO3S. The number of aliphatic hydroxyl groups is 1. The van der Waals surface area contributed by atoms with E-state index in [1.165, 1.54) is 17.8 Å². The third kappa shape index (κ3) is 2.75. The number of piperidine rings is 1. The molecule has 2 N–H and O–H groups in total. The molecular weight excluding hydrogens is 274 g/mol. The second-order valence-electron chi connectivity index (χ2n) is 6.10. The van der Waals surface area contributed by atoms with Gasteiger partial charge >= 0.3 is 5.97 Å². The molecule has 4 nitrogen and oxygen atoms in total. The molecule has 0 aromatic carbocycles. The lowest BCUT2D eigenvalue weighted by atomic mass is 9.71. The van der Waals surface area contributed by atoms with Crippen molar-refractivity contribution in [2.75, 3.05) is 13.1 Å². The fraction of sp³-hybridized carbons (Fsp3) is 0.667. The van der Waals surface area contributed by atoms with Gasteiger partial charge in [-0.1, -0.05) is 12.8 Å². The molecule has 1 aliphatic heterocycles. The van der Waals surface area contributed by atoms with Crippen molar-refractivity contribution in [1.29, 1.82) is 0 Å². The van der Waals surface area contributed by atoms with E-state index in [-0.39, 0.29) is 0 Å².